The third-order valence-corrected chi connectivity index (χ3v) is 2.84. The van der Waals surface area contributed by atoms with Gasteiger partial charge in [-0.15, -0.1) is 0 Å². The van der Waals surface area contributed by atoms with Crippen molar-refractivity contribution in [2.45, 2.75) is 13.0 Å². The van der Waals surface area contributed by atoms with Crippen LogP contribution in [0.5, 0.6) is 11.5 Å². The van der Waals surface area contributed by atoms with E-state index in [2.05, 4.69) is 10.6 Å². The minimum atomic E-state index is -0.391. The van der Waals surface area contributed by atoms with Gasteiger partial charge < -0.3 is 25.2 Å². The summed E-state index contributed by atoms with van der Waals surface area (Å²) in [6, 6.07) is 5.27. The molecule has 2 rings (SSSR count). The molecule has 110 valence electrons. The second-order valence-corrected chi connectivity index (χ2v) is 4.64. The molecule has 0 aliphatic carbocycles. The number of carbonyl (C=O) groups is 1. The maximum absolute atomic E-state index is 12.1. The molecule has 3 N–H and O–H groups in total. The number of benzene rings is 1. The summed E-state index contributed by atoms with van der Waals surface area (Å²) in [6.45, 7) is 4.25. The van der Waals surface area contributed by atoms with Crippen LogP contribution in [-0.4, -0.2) is 50.0 Å². The molecule has 6 nitrogen and oxygen atoms in total. The molecule has 1 amide bonds. The van der Waals surface area contributed by atoms with Crippen LogP contribution in [0, 0.1) is 0 Å². The fourth-order valence-corrected chi connectivity index (χ4v) is 1.92. The predicted octanol–water partition coefficient (Wildman–Crippen LogP) is 0.158. The van der Waals surface area contributed by atoms with E-state index in [0.29, 0.717) is 49.9 Å². The van der Waals surface area contributed by atoms with Crippen molar-refractivity contribution in [2.75, 3.05) is 32.8 Å². The number of aliphatic hydroxyl groups is 1. The molecule has 0 aromatic heterocycles. The number of hydrogen-bond donors (Lipinski definition) is 3. The van der Waals surface area contributed by atoms with E-state index in [9.17, 15) is 4.79 Å². The van der Waals surface area contributed by atoms with Gasteiger partial charge in [-0.25, -0.2) is 0 Å². The Labute approximate surface area is 118 Å². The highest BCUT2D eigenvalue weighted by atomic mass is 16.6. The van der Waals surface area contributed by atoms with Gasteiger partial charge >= 0.3 is 0 Å². The fourth-order valence-electron chi connectivity index (χ4n) is 1.92. The van der Waals surface area contributed by atoms with Crippen LogP contribution in [0.15, 0.2) is 18.2 Å². The Bertz CT molecular complexity index is 462. The van der Waals surface area contributed by atoms with Crippen molar-refractivity contribution in [2.24, 2.45) is 0 Å². The molecule has 1 aromatic carbocycles. The van der Waals surface area contributed by atoms with Gasteiger partial charge in [0, 0.05) is 19.6 Å². The van der Waals surface area contributed by atoms with Gasteiger partial charge in [0.15, 0.2) is 11.5 Å². The quantitative estimate of drug-likeness (QED) is 0.647. The normalized spacial score (nSPS) is 14.7. The number of nitrogens with one attached hydrogen (secondary N) is 2. The summed E-state index contributed by atoms with van der Waals surface area (Å²) in [4.78, 5) is 12.1. The second-order valence-electron chi connectivity index (χ2n) is 4.64. The van der Waals surface area contributed by atoms with E-state index in [0.717, 1.165) is 0 Å². The predicted molar refractivity (Wildman–Crippen MR) is 74.3 cm³/mol. The molecule has 0 saturated heterocycles. The van der Waals surface area contributed by atoms with Crippen molar-refractivity contribution in [3.05, 3.63) is 23.8 Å². The number of hydrogen-bond acceptors (Lipinski definition) is 5. The third-order valence-electron chi connectivity index (χ3n) is 2.84. The highest BCUT2D eigenvalue weighted by Gasteiger charge is 2.19. The topological polar surface area (TPSA) is 79.8 Å². The summed E-state index contributed by atoms with van der Waals surface area (Å²) in [7, 11) is 0. The fraction of sp³-hybridized carbons (Fsp3) is 0.500. The number of para-hydroxylation sites is 1. The number of fused-ring (bicyclic) bond motifs is 1. The van der Waals surface area contributed by atoms with Gasteiger partial charge in [0.1, 0.15) is 13.2 Å². The van der Waals surface area contributed by atoms with Crippen LogP contribution in [0.4, 0.5) is 0 Å². The maximum atomic E-state index is 12.1. The van der Waals surface area contributed by atoms with Crippen LogP contribution >= 0.6 is 0 Å². The minimum absolute atomic E-state index is 0.189. The number of amides is 1. The Kier molecular flexibility index (Phi) is 5.20. The zero-order chi connectivity index (χ0) is 14.4. The van der Waals surface area contributed by atoms with Crippen molar-refractivity contribution in [3.63, 3.8) is 0 Å². The van der Waals surface area contributed by atoms with Crippen LogP contribution in [0.2, 0.25) is 0 Å². The zero-order valence-electron chi connectivity index (χ0n) is 11.5. The molecule has 20 heavy (non-hydrogen) atoms. The molecule has 1 unspecified atom stereocenters. The SMILES string of the molecule is CC(O)CNCCNC(=O)c1cccc2c1OCCO2. The van der Waals surface area contributed by atoms with E-state index < -0.39 is 6.10 Å². The highest BCUT2D eigenvalue weighted by Crippen LogP contribution is 2.33. The first kappa shape index (κ1) is 14.6. The first-order valence-corrected chi connectivity index (χ1v) is 6.74. The average Bonchev–Trinajstić information content (AvgIpc) is 2.45. The van der Waals surface area contributed by atoms with Crippen LogP contribution < -0.4 is 20.1 Å². The van der Waals surface area contributed by atoms with Gasteiger partial charge in [-0.3, -0.25) is 4.79 Å². The van der Waals surface area contributed by atoms with Gasteiger partial charge in [0.25, 0.3) is 5.91 Å². The Morgan fingerprint density at radius 2 is 2.15 bits per heavy atom. The van der Waals surface area contributed by atoms with Crippen LogP contribution in [0.1, 0.15) is 17.3 Å². The monoisotopic (exact) mass is 280 g/mol. The van der Waals surface area contributed by atoms with Gasteiger partial charge in [0.05, 0.1) is 11.7 Å². The summed E-state index contributed by atoms with van der Waals surface area (Å²) < 4.78 is 10.9. The van der Waals surface area contributed by atoms with Crippen LogP contribution in [-0.2, 0) is 0 Å². The van der Waals surface area contributed by atoms with Crippen molar-refractivity contribution in [3.8, 4) is 11.5 Å². The maximum Gasteiger partial charge on any atom is 0.255 e. The van der Waals surface area contributed by atoms with Gasteiger partial charge in [-0.1, -0.05) is 6.07 Å². The smallest absolute Gasteiger partial charge is 0.255 e. The molecule has 1 atom stereocenters. The van der Waals surface area contributed by atoms with Gasteiger partial charge in [-0.05, 0) is 19.1 Å². The van der Waals surface area contributed by atoms with E-state index in [1.165, 1.54) is 0 Å². The lowest BCUT2D eigenvalue weighted by atomic mass is 10.1. The Hall–Kier alpha value is -1.79. The van der Waals surface area contributed by atoms with E-state index in [4.69, 9.17) is 14.6 Å². The van der Waals surface area contributed by atoms with Crippen molar-refractivity contribution in [1.29, 1.82) is 0 Å². The first-order chi connectivity index (χ1) is 9.68. The zero-order valence-corrected chi connectivity index (χ0v) is 11.5. The lowest BCUT2D eigenvalue weighted by molar-refractivity contribution is 0.0942. The van der Waals surface area contributed by atoms with E-state index in [1.54, 1.807) is 25.1 Å². The molecule has 1 heterocycles. The van der Waals surface area contributed by atoms with Gasteiger partial charge in [-0.2, -0.15) is 0 Å². The van der Waals surface area contributed by atoms with Crippen LogP contribution in [0.25, 0.3) is 0 Å². The Morgan fingerprint density at radius 1 is 1.35 bits per heavy atom. The van der Waals surface area contributed by atoms with E-state index in [1.807, 2.05) is 0 Å². The number of aliphatic hydroxyl groups excluding tert-OH is 1. The molecule has 1 aliphatic rings. The Morgan fingerprint density at radius 3 is 2.95 bits per heavy atom. The highest BCUT2D eigenvalue weighted by molar-refractivity contribution is 5.97. The summed E-state index contributed by atoms with van der Waals surface area (Å²) >= 11 is 0. The van der Waals surface area contributed by atoms with Crippen molar-refractivity contribution in [1.82, 2.24) is 10.6 Å². The molecule has 0 saturated carbocycles. The molecule has 0 fully saturated rings. The standard InChI is InChI=1S/C14H20N2O4/c1-10(17)9-15-5-6-16-14(18)11-3-2-4-12-13(11)20-8-7-19-12/h2-4,10,15,17H,5-9H2,1H3,(H,16,18). The van der Waals surface area contributed by atoms with E-state index >= 15 is 0 Å². The van der Waals surface area contributed by atoms with Crippen molar-refractivity contribution >= 4 is 5.91 Å². The summed E-state index contributed by atoms with van der Waals surface area (Å²) in [5.74, 6) is 0.926. The molecule has 6 heteroatoms. The summed E-state index contributed by atoms with van der Waals surface area (Å²) in [5, 5.41) is 14.9. The molecule has 1 aromatic rings. The lowest BCUT2D eigenvalue weighted by Crippen LogP contribution is -2.34. The summed E-state index contributed by atoms with van der Waals surface area (Å²) in [6.07, 6.45) is -0.391. The first-order valence-electron chi connectivity index (χ1n) is 6.74. The third kappa shape index (κ3) is 3.85. The van der Waals surface area contributed by atoms with Gasteiger partial charge in [0.2, 0.25) is 0 Å². The largest absolute Gasteiger partial charge is 0.486 e. The molecule has 0 bridgehead atoms. The molecular weight excluding hydrogens is 260 g/mol. The second kappa shape index (κ2) is 7.12. The summed E-state index contributed by atoms with van der Waals surface area (Å²) in [5.41, 5.74) is 0.484. The minimum Gasteiger partial charge on any atom is -0.486 e. The van der Waals surface area contributed by atoms with Crippen LogP contribution in [0.3, 0.4) is 0 Å². The number of rotatable bonds is 6. The van der Waals surface area contributed by atoms with E-state index in [-0.39, 0.29) is 5.91 Å². The van der Waals surface area contributed by atoms with Crippen molar-refractivity contribution < 1.29 is 19.4 Å². The molecule has 0 spiro atoms. The lowest BCUT2D eigenvalue weighted by Gasteiger charge is -2.20. The Balaban J connectivity index is 1.86. The number of carbonyl (C=O) groups excluding carboxylic acids is 1. The molecule has 1 aliphatic heterocycles. The molecule has 0 radical (unpaired) electrons. The average molecular weight is 280 g/mol. The number of ether oxygens (including phenoxy) is 2. The molecular formula is C14H20N2O4.